The molecule has 0 bridgehead atoms. The predicted molar refractivity (Wildman–Crippen MR) is 153 cm³/mol. The van der Waals surface area contributed by atoms with Crippen LogP contribution in [0, 0.1) is 5.92 Å². The van der Waals surface area contributed by atoms with Gasteiger partial charge in [-0.1, -0.05) is 67.2 Å². The Balaban J connectivity index is 1.36. The molecule has 1 N–H and O–H groups in total. The highest BCUT2D eigenvalue weighted by Crippen LogP contribution is 2.47. The van der Waals surface area contributed by atoms with Crippen molar-refractivity contribution in [3.63, 3.8) is 0 Å². The van der Waals surface area contributed by atoms with Crippen LogP contribution < -0.4 is 9.64 Å². The number of rotatable bonds is 6. The summed E-state index contributed by atoms with van der Waals surface area (Å²) in [6, 6.07) is 19.4. The molecule has 1 aliphatic carbocycles. The quantitative estimate of drug-likeness (QED) is 0.292. The van der Waals surface area contributed by atoms with Crippen molar-refractivity contribution in [2.75, 3.05) is 11.5 Å². The van der Waals surface area contributed by atoms with Gasteiger partial charge < -0.3 is 23.9 Å². The Labute approximate surface area is 238 Å². The molecule has 4 aromatic rings. The second kappa shape index (κ2) is 10.6. The fourth-order valence-electron chi connectivity index (χ4n) is 5.56. The van der Waals surface area contributed by atoms with Crippen LogP contribution in [0.3, 0.4) is 0 Å². The van der Waals surface area contributed by atoms with Crippen molar-refractivity contribution in [3.05, 3.63) is 90.3 Å². The normalized spacial score (nSPS) is 22.5. The molecule has 2 fully saturated rings. The molecule has 41 heavy (non-hydrogen) atoms. The van der Waals surface area contributed by atoms with E-state index in [1.54, 1.807) is 27.1 Å². The molecule has 0 radical (unpaired) electrons. The van der Waals surface area contributed by atoms with Gasteiger partial charge in [0.25, 0.3) is 0 Å². The largest absolute Gasteiger partial charge is 0.471 e. The van der Waals surface area contributed by atoms with Gasteiger partial charge in [-0.2, -0.15) is 9.97 Å². The Kier molecular flexibility index (Phi) is 6.96. The van der Waals surface area contributed by atoms with Crippen molar-refractivity contribution in [2.45, 2.75) is 57.8 Å². The number of benzene rings is 2. The molecular formula is C31H33N5O5. The second-order valence-corrected chi connectivity index (χ2v) is 11.4. The Hall–Kier alpha value is -4.28. The van der Waals surface area contributed by atoms with Crippen molar-refractivity contribution >= 4 is 23.2 Å². The number of aromatic nitrogens is 4. The monoisotopic (exact) mass is 555 g/mol. The van der Waals surface area contributed by atoms with E-state index in [0.717, 1.165) is 21.6 Å². The molecule has 2 aromatic heterocycles. The molecule has 1 unspecified atom stereocenters. The minimum absolute atomic E-state index is 0.0117. The van der Waals surface area contributed by atoms with Crippen LogP contribution in [0.4, 0.5) is 10.7 Å². The van der Waals surface area contributed by atoms with Gasteiger partial charge in [0, 0.05) is 17.0 Å². The molecule has 10 heteroatoms. The van der Waals surface area contributed by atoms with E-state index in [2.05, 4.69) is 16.5 Å². The first-order valence-electron chi connectivity index (χ1n) is 13.7. The lowest BCUT2D eigenvalue weighted by molar-refractivity contribution is -0.229. The molecule has 3 heterocycles. The summed E-state index contributed by atoms with van der Waals surface area (Å²) in [5.41, 5.74) is 3.00. The number of ether oxygens (including phenoxy) is 3. The second-order valence-electron chi connectivity index (χ2n) is 11.4. The van der Waals surface area contributed by atoms with Gasteiger partial charge >= 0.3 is 6.09 Å². The van der Waals surface area contributed by atoms with E-state index in [-0.39, 0.29) is 36.5 Å². The number of carbonyl (C=O) groups is 1. The SMILES string of the molecule is C=C1[C@@H]2COC(c3ccccc3)O[C@H]2C[C@@H]1n1cnc2c(OCc3ccccc3)nc(N(C(=O)O)C(C)(C)C)nc21. The van der Waals surface area contributed by atoms with Crippen LogP contribution in [-0.2, 0) is 16.1 Å². The van der Waals surface area contributed by atoms with Gasteiger partial charge in [-0.05, 0) is 38.3 Å². The van der Waals surface area contributed by atoms with Gasteiger partial charge in [0.2, 0.25) is 11.8 Å². The van der Waals surface area contributed by atoms with E-state index in [0.29, 0.717) is 24.2 Å². The first-order valence-corrected chi connectivity index (χ1v) is 13.7. The van der Waals surface area contributed by atoms with E-state index in [1.165, 1.54) is 0 Å². The van der Waals surface area contributed by atoms with Crippen LogP contribution >= 0.6 is 0 Å². The van der Waals surface area contributed by atoms with Crippen molar-refractivity contribution in [2.24, 2.45) is 5.92 Å². The van der Waals surface area contributed by atoms with Crippen LogP contribution in [0.15, 0.2) is 79.1 Å². The molecule has 1 aliphatic heterocycles. The molecule has 10 nitrogen and oxygen atoms in total. The van der Waals surface area contributed by atoms with E-state index in [9.17, 15) is 9.90 Å². The Bertz CT molecular complexity index is 1570. The van der Waals surface area contributed by atoms with Crippen LogP contribution in [0.1, 0.15) is 50.7 Å². The first-order chi connectivity index (χ1) is 19.7. The number of hydrogen-bond acceptors (Lipinski definition) is 7. The summed E-state index contributed by atoms with van der Waals surface area (Å²) in [4.78, 5) is 27.4. The first kappa shape index (κ1) is 26.9. The highest BCUT2D eigenvalue weighted by atomic mass is 16.7. The summed E-state index contributed by atoms with van der Waals surface area (Å²) < 4.78 is 20.5. The van der Waals surface area contributed by atoms with Gasteiger partial charge in [0.05, 0.1) is 25.1 Å². The van der Waals surface area contributed by atoms with Gasteiger partial charge in [-0.15, -0.1) is 0 Å². The number of fused-ring (bicyclic) bond motifs is 2. The smallest absolute Gasteiger partial charge is 0.414 e. The number of nitrogens with zero attached hydrogens (tertiary/aromatic N) is 5. The zero-order chi connectivity index (χ0) is 28.7. The Morgan fingerprint density at radius 3 is 2.51 bits per heavy atom. The molecule has 1 saturated carbocycles. The highest BCUT2D eigenvalue weighted by molar-refractivity contribution is 5.87. The third-order valence-corrected chi connectivity index (χ3v) is 7.60. The van der Waals surface area contributed by atoms with Crippen LogP contribution in [0.5, 0.6) is 5.88 Å². The summed E-state index contributed by atoms with van der Waals surface area (Å²) >= 11 is 0. The summed E-state index contributed by atoms with van der Waals surface area (Å²) in [5, 5.41) is 10.1. The third kappa shape index (κ3) is 5.16. The zero-order valence-corrected chi connectivity index (χ0v) is 23.3. The van der Waals surface area contributed by atoms with Crippen molar-refractivity contribution in [3.8, 4) is 5.88 Å². The predicted octanol–water partition coefficient (Wildman–Crippen LogP) is 5.92. The van der Waals surface area contributed by atoms with Gasteiger partial charge in [-0.25, -0.2) is 14.7 Å². The van der Waals surface area contributed by atoms with Gasteiger partial charge in [0.15, 0.2) is 17.5 Å². The maximum atomic E-state index is 12.4. The van der Waals surface area contributed by atoms with E-state index < -0.39 is 17.9 Å². The maximum Gasteiger partial charge on any atom is 0.414 e. The van der Waals surface area contributed by atoms with E-state index >= 15 is 0 Å². The summed E-state index contributed by atoms with van der Waals surface area (Å²) in [5.74, 6) is 0.248. The molecule has 212 valence electrons. The van der Waals surface area contributed by atoms with Gasteiger partial charge in [0.1, 0.15) is 6.61 Å². The lowest BCUT2D eigenvalue weighted by atomic mass is 10.0. The minimum atomic E-state index is -1.16. The topological polar surface area (TPSA) is 112 Å². The molecule has 1 amide bonds. The number of anilines is 1. The number of imidazole rings is 1. The highest BCUT2D eigenvalue weighted by Gasteiger charge is 2.45. The average Bonchev–Trinajstić information content (AvgIpc) is 3.52. The summed E-state index contributed by atoms with van der Waals surface area (Å²) in [6.07, 6.45) is 0.660. The molecule has 4 atom stereocenters. The van der Waals surface area contributed by atoms with Gasteiger partial charge in [-0.3, -0.25) is 0 Å². The average molecular weight is 556 g/mol. The molecule has 2 aliphatic rings. The Morgan fingerprint density at radius 2 is 1.83 bits per heavy atom. The number of carboxylic acid groups (broad SMARTS) is 1. The van der Waals surface area contributed by atoms with Crippen molar-refractivity contribution in [1.29, 1.82) is 0 Å². The lowest BCUT2D eigenvalue weighted by Crippen LogP contribution is -2.46. The fraction of sp³-hybridized carbons (Fsp3) is 0.355. The van der Waals surface area contributed by atoms with Crippen molar-refractivity contribution < 1.29 is 24.1 Å². The molecule has 1 saturated heterocycles. The Morgan fingerprint density at radius 1 is 1.12 bits per heavy atom. The zero-order valence-electron chi connectivity index (χ0n) is 23.3. The minimum Gasteiger partial charge on any atom is -0.471 e. The summed E-state index contributed by atoms with van der Waals surface area (Å²) in [7, 11) is 0. The molecular weight excluding hydrogens is 522 g/mol. The van der Waals surface area contributed by atoms with Crippen LogP contribution in [0.2, 0.25) is 0 Å². The maximum absolute atomic E-state index is 12.4. The van der Waals surface area contributed by atoms with E-state index in [1.807, 2.05) is 65.2 Å². The third-order valence-electron chi connectivity index (χ3n) is 7.60. The standard InChI is InChI=1S/C31H33N5O5/c1-19-22-17-40-28(21-13-9-6-10-14-21)41-24(22)15-23(19)35-18-32-25-26(35)33-29(36(30(37)38)31(2,3)4)34-27(25)39-16-20-11-7-5-8-12-20/h5-14,18,22-24,28H,1,15-17H2,2-4H3,(H,37,38)/t22-,23-,24-,28?/m0/s1. The lowest BCUT2D eigenvalue weighted by Gasteiger charge is -2.33. The summed E-state index contributed by atoms with van der Waals surface area (Å²) in [6.45, 7) is 10.5. The van der Waals surface area contributed by atoms with Crippen LogP contribution in [0.25, 0.3) is 11.2 Å². The van der Waals surface area contributed by atoms with Crippen LogP contribution in [-0.4, -0.2) is 49.0 Å². The molecule has 6 rings (SSSR count). The molecule has 2 aromatic carbocycles. The molecule has 0 spiro atoms. The fourth-order valence-corrected chi connectivity index (χ4v) is 5.56. The van der Waals surface area contributed by atoms with E-state index in [4.69, 9.17) is 19.2 Å². The van der Waals surface area contributed by atoms with Crippen molar-refractivity contribution in [1.82, 2.24) is 19.5 Å². The number of amides is 1. The number of hydrogen-bond donors (Lipinski definition) is 1.